The van der Waals surface area contributed by atoms with Crippen molar-refractivity contribution >= 4 is 0 Å². The summed E-state index contributed by atoms with van der Waals surface area (Å²) in [5.74, 6) is 0.882. The van der Waals surface area contributed by atoms with E-state index < -0.39 is 0 Å². The Bertz CT molecular complexity index is 520. The number of tetrazole rings is 1. The van der Waals surface area contributed by atoms with E-state index in [9.17, 15) is 0 Å². The molecule has 2 aromatic rings. The van der Waals surface area contributed by atoms with E-state index in [4.69, 9.17) is 0 Å². The minimum atomic E-state index is 0.161. The zero-order chi connectivity index (χ0) is 13.7. The molecule has 0 aliphatic heterocycles. The normalized spacial score (nSPS) is 12.6. The molecule has 0 saturated heterocycles. The minimum absolute atomic E-state index is 0.161. The fourth-order valence-electron chi connectivity index (χ4n) is 2.25. The van der Waals surface area contributed by atoms with Crippen molar-refractivity contribution in [1.82, 2.24) is 25.5 Å². The molecule has 1 aromatic carbocycles. The Morgan fingerprint density at radius 1 is 1.21 bits per heavy atom. The predicted octanol–water partition coefficient (Wildman–Crippen LogP) is 1.95. The van der Waals surface area contributed by atoms with Crippen LogP contribution in [-0.2, 0) is 13.0 Å². The average molecular weight is 259 g/mol. The molecule has 1 atom stereocenters. The van der Waals surface area contributed by atoms with Crippen molar-refractivity contribution in [3.8, 4) is 0 Å². The van der Waals surface area contributed by atoms with Gasteiger partial charge in [-0.25, -0.2) is 4.68 Å². The third-order valence-electron chi connectivity index (χ3n) is 3.28. The summed E-state index contributed by atoms with van der Waals surface area (Å²) in [6.45, 7) is 7.96. The molecule has 102 valence electrons. The van der Waals surface area contributed by atoms with Gasteiger partial charge < -0.3 is 5.32 Å². The molecule has 0 aliphatic rings. The maximum Gasteiger partial charge on any atom is 0.168 e. The Labute approximate surface area is 114 Å². The Balaban J connectivity index is 2.22. The second-order valence-electron chi connectivity index (χ2n) is 4.60. The number of aromatic nitrogens is 4. The van der Waals surface area contributed by atoms with E-state index in [2.05, 4.69) is 65.9 Å². The second-order valence-corrected chi connectivity index (χ2v) is 4.60. The predicted molar refractivity (Wildman–Crippen MR) is 74.8 cm³/mol. The molecular formula is C14H21N5. The molecule has 0 spiro atoms. The van der Waals surface area contributed by atoms with E-state index in [-0.39, 0.29) is 6.04 Å². The van der Waals surface area contributed by atoms with Crippen LogP contribution in [0.2, 0.25) is 0 Å². The number of hydrogen-bond acceptors (Lipinski definition) is 4. The van der Waals surface area contributed by atoms with Crippen LogP contribution in [0.3, 0.4) is 0 Å². The maximum atomic E-state index is 4.13. The lowest BCUT2D eigenvalue weighted by Gasteiger charge is -2.13. The van der Waals surface area contributed by atoms with Crippen LogP contribution in [0.15, 0.2) is 24.3 Å². The zero-order valence-electron chi connectivity index (χ0n) is 11.8. The van der Waals surface area contributed by atoms with Crippen LogP contribution in [-0.4, -0.2) is 26.8 Å². The topological polar surface area (TPSA) is 55.6 Å². The second kappa shape index (κ2) is 6.43. The van der Waals surface area contributed by atoms with E-state index in [1.165, 1.54) is 11.1 Å². The minimum Gasteiger partial charge on any atom is -0.308 e. The van der Waals surface area contributed by atoms with E-state index in [1.54, 1.807) is 0 Å². The molecule has 0 saturated carbocycles. The van der Waals surface area contributed by atoms with Crippen molar-refractivity contribution in [1.29, 1.82) is 0 Å². The molecule has 1 N–H and O–H groups in total. The highest BCUT2D eigenvalue weighted by Crippen LogP contribution is 2.14. The molecule has 1 unspecified atom stereocenters. The molecule has 0 aliphatic carbocycles. The first-order valence-corrected chi connectivity index (χ1v) is 6.82. The first kappa shape index (κ1) is 13.7. The van der Waals surface area contributed by atoms with E-state index in [1.807, 2.05) is 4.68 Å². The number of benzene rings is 1. The highest BCUT2D eigenvalue weighted by Gasteiger charge is 2.14. The van der Waals surface area contributed by atoms with Crippen LogP contribution >= 0.6 is 0 Å². The van der Waals surface area contributed by atoms with Crippen molar-refractivity contribution in [2.45, 2.75) is 39.8 Å². The molecular weight excluding hydrogens is 238 g/mol. The molecule has 0 bridgehead atoms. The van der Waals surface area contributed by atoms with Gasteiger partial charge in [0.25, 0.3) is 0 Å². The number of nitrogens with zero attached hydrogens (tertiary/aromatic N) is 4. The number of hydrogen-bond donors (Lipinski definition) is 1. The summed E-state index contributed by atoms with van der Waals surface area (Å²) < 4.78 is 1.88. The third-order valence-corrected chi connectivity index (χ3v) is 3.28. The third kappa shape index (κ3) is 3.17. The summed E-state index contributed by atoms with van der Waals surface area (Å²) in [6, 6.07) is 8.60. The van der Waals surface area contributed by atoms with E-state index in [0.717, 1.165) is 25.3 Å². The van der Waals surface area contributed by atoms with Gasteiger partial charge in [0, 0.05) is 0 Å². The largest absolute Gasteiger partial charge is 0.308 e. The van der Waals surface area contributed by atoms with E-state index in [0.29, 0.717) is 0 Å². The standard InChI is InChI=1S/C14H21N5/c1-4-12-8-6-7-9-13(12)10-19-14(16-17-18-19)11(3)15-5-2/h6-9,11,15H,4-5,10H2,1-3H3. The van der Waals surface area contributed by atoms with Crippen molar-refractivity contribution < 1.29 is 0 Å². The van der Waals surface area contributed by atoms with Gasteiger partial charge in [-0.3, -0.25) is 0 Å². The molecule has 1 heterocycles. The summed E-state index contributed by atoms with van der Waals surface area (Å²) >= 11 is 0. The summed E-state index contributed by atoms with van der Waals surface area (Å²) in [5.41, 5.74) is 2.63. The summed E-state index contributed by atoms with van der Waals surface area (Å²) in [4.78, 5) is 0. The number of rotatable bonds is 6. The Kier molecular flexibility index (Phi) is 4.63. The quantitative estimate of drug-likeness (QED) is 0.861. The van der Waals surface area contributed by atoms with Crippen molar-refractivity contribution in [3.63, 3.8) is 0 Å². The van der Waals surface area contributed by atoms with Crippen molar-refractivity contribution in [2.75, 3.05) is 6.54 Å². The smallest absolute Gasteiger partial charge is 0.168 e. The summed E-state index contributed by atoms with van der Waals surface area (Å²) in [5, 5.41) is 15.4. The highest BCUT2D eigenvalue weighted by molar-refractivity contribution is 5.27. The molecule has 0 radical (unpaired) electrons. The lowest BCUT2D eigenvalue weighted by atomic mass is 10.1. The fourth-order valence-corrected chi connectivity index (χ4v) is 2.25. The van der Waals surface area contributed by atoms with Gasteiger partial charge in [-0.2, -0.15) is 0 Å². The number of aryl methyl sites for hydroxylation is 1. The lowest BCUT2D eigenvalue weighted by Crippen LogP contribution is -2.22. The fraction of sp³-hybridized carbons (Fsp3) is 0.500. The monoisotopic (exact) mass is 259 g/mol. The highest BCUT2D eigenvalue weighted by atomic mass is 15.5. The average Bonchev–Trinajstić information content (AvgIpc) is 2.88. The van der Waals surface area contributed by atoms with Gasteiger partial charge in [0.05, 0.1) is 12.6 Å². The zero-order valence-corrected chi connectivity index (χ0v) is 11.8. The van der Waals surface area contributed by atoms with Gasteiger partial charge >= 0.3 is 0 Å². The molecule has 5 heteroatoms. The van der Waals surface area contributed by atoms with Crippen LogP contribution < -0.4 is 5.32 Å². The SMILES string of the molecule is CCNC(C)c1nnnn1Cc1ccccc1CC. The van der Waals surface area contributed by atoms with Crippen molar-refractivity contribution in [2.24, 2.45) is 0 Å². The maximum absolute atomic E-state index is 4.13. The van der Waals surface area contributed by atoms with Gasteiger partial charge in [0.15, 0.2) is 5.82 Å². The molecule has 1 aromatic heterocycles. The Hall–Kier alpha value is -1.75. The first-order valence-electron chi connectivity index (χ1n) is 6.82. The summed E-state index contributed by atoms with van der Waals surface area (Å²) in [7, 11) is 0. The van der Waals surface area contributed by atoms with Gasteiger partial charge in [-0.05, 0) is 41.4 Å². The van der Waals surface area contributed by atoms with Crippen LogP contribution in [0.1, 0.15) is 43.8 Å². The van der Waals surface area contributed by atoms with Crippen LogP contribution in [0, 0.1) is 0 Å². The van der Waals surface area contributed by atoms with Gasteiger partial charge in [-0.1, -0.05) is 38.1 Å². The molecule has 0 fully saturated rings. The van der Waals surface area contributed by atoms with Gasteiger partial charge in [0.1, 0.15) is 0 Å². The Morgan fingerprint density at radius 2 is 1.95 bits per heavy atom. The van der Waals surface area contributed by atoms with Crippen LogP contribution in [0.25, 0.3) is 0 Å². The van der Waals surface area contributed by atoms with Crippen molar-refractivity contribution in [3.05, 3.63) is 41.2 Å². The number of nitrogens with one attached hydrogen (secondary N) is 1. The van der Waals surface area contributed by atoms with Crippen LogP contribution in [0.5, 0.6) is 0 Å². The Morgan fingerprint density at radius 3 is 2.63 bits per heavy atom. The molecule has 5 nitrogen and oxygen atoms in total. The van der Waals surface area contributed by atoms with Gasteiger partial charge in [-0.15, -0.1) is 5.10 Å². The van der Waals surface area contributed by atoms with Gasteiger partial charge in [0.2, 0.25) is 0 Å². The molecule has 19 heavy (non-hydrogen) atoms. The van der Waals surface area contributed by atoms with Crippen LogP contribution in [0.4, 0.5) is 0 Å². The summed E-state index contributed by atoms with van der Waals surface area (Å²) in [6.07, 6.45) is 1.02. The first-order chi connectivity index (χ1) is 9.26. The lowest BCUT2D eigenvalue weighted by molar-refractivity contribution is 0.515. The molecule has 2 rings (SSSR count). The molecule has 0 amide bonds. The van der Waals surface area contributed by atoms with E-state index >= 15 is 0 Å².